The van der Waals surface area contributed by atoms with E-state index in [1.54, 1.807) is 60.0 Å². The van der Waals surface area contributed by atoms with E-state index in [4.69, 9.17) is 4.74 Å². The van der Waals surface area contributed by atoms with E-state index in [2.05, 4.69) is 9.71 Å². The van der Waals surface area contributed by atoms with Gasteiger partial charge < -0.3 is 10.1 Å². The van der Waals surface area contributed by atoms with Gasteiger partial charge in [-0.3, -0.25) is 4.79 Å². The van der Waals surface area contributed by atoms with Gasteiger partial charge in [-0.05, 0) is 48.7 Å². The van der Waals surface area contributed by atoms with Gasteiger partial charge >= 0.3 is 0 Å². The van der Waals surface area contributed by atoms with Gasteiger partial charge in [-0.1, -0.05) is 30.3 Å². The van der Waals surface area contributed by atoms with E-state index >= 15 is 0 Å². The number of hydrogen-bond acceptors (Lipinski definition) is 6. The Bertz CT molecular complexity index is 1240. The summed E-state index contributed by atoms with van der Waals surface area (Å²) in [6.07, 6.45) is 1.48. The van der Waals surface area contributed by atoms with E-state index in [9.17, 15) is 13.2 Å². The fourth-order valence-electron chi connectivity index (χ4n) is 3.04. The second-order valence-corrected chi connectivity index (χ2v) is 9.18. The van der Waals surface area contributed by atoms with Gasteiger partial charge in [-0.25, -0.2) is 0 Å². The highest BCUT2D eigenvalue weighted by Gasteiger charge is 2.26. The Balaban J connectivity index is 1.74. The van der Waals surface area contributed by atoms with Crippen molar-refractivity contribution in [3.05, 3.63) is 88.9 Å². The summed E-state index contributed by atoms with van der Waals surface area (Å²) in [7, 11) is -3.88. The Morgan fingerprint density at radius 1 is 1.00 bits per heavy atom. The highest BCUT2D eigenvalue weighted by molar-refractivity contribution is 7.92. The van der Waals surface area contributed by atoms with Crippen molar-refractivity contribution in [2.75, 3.05) is 11.9 Å². The van der Waals surface area contributed by atoms with Crippen molar-refractivity contribution in [1.82, 2.24) is 0 Å². The van der Waals surface area contributed by atoms with Crippen LogP contribution in [0.3, 0.4) is 0 Å². The number of fused-ring (bicyclic) bond motifs is 1. The molecule has 0 atom stereocenters. The summed E-state index contributed by atoms with van der Waals surface area (Å²) >= 11 is 1.10. The first-order valence-electron chi connectivity index (χ1n) is 9.22. The van der Waals surface area contributed by atoms with Crippen LogP contribution in [-0.4, -0.2) is 26.5 Å². The highest BCUT2D eigenvalue weighted by atomic mass is 32.2. The largest absolute Gasteiger partial charge is 0.494 e. The van der Waals surface area contributed by atoms with Gasteiger partial charge in [-0.15, -0.1) is 11.3 Å². The summed E-state index contributed by atoms with van der Waals surface area (Å²) in [5.41, 5.74) is 2.02. The highest BCUT2D eigenvalue weighted by Crippen LogP contribution is 2.26. The van der Waals surface area contributed by atoms with Crippen LogP contribution in [-0.2, 0) is 10.0 Å². The van der Waals surface area contributed by atoms with Crippen LogP contribution in [0.1, 0.15) is 22.8 Å². The molecule has 0 aliphatic heterocycles. The third-order valence-electron chi connectivity index (χ3n) is 4.39. The minimum Gasteiger partial charge on any atom is -0.494 e. The van der Waals surface area contributed by atoms with Gasteiger partial charge in [0.15, 0.2) is 0 Å². The molecule has 0 spiro atoms. The first kappa shape index (κ1) is 20.1. The number of benzene rings is 2. The summed E-state index contributed by atoms with van der Waals surface area (Å²) in [5.74, 6) is 0.494. The van der Waals surface area contributed by atoms with Crippen LogP contribution in [0.15, 0.2) is 86.4 Å². The number of thiophene rings is 1. The second-order valence-electron chi connectivity index (χ2n) is 6.40. The van der Waals surface area contributed by atoms with Gasteiger partial charge in [-0.2, -0.15) is 12.8 Å². The molecule has 6 nitrogen and oxygen atoms in total. The molecule has 1 aliphatic rings. The average molecular weight is 439 g/mol. The van der Waals surface area contributed by atoms with Gasteiger partial charge in [0.2, 0.25) is 5.78 Å². The Morgan fingerprint density at radius 3 is 2.40 bits per heavy atom. The van der Waals surface area contributed by atoms with Crippen LogP contribution in [0.2, 0.25) is 0 Å². The van der Waals surface area contributed by atoms with Gasteiger partial charge in [0, 0.05) is 16.8 Å². The Morgan fingerprint density at radius 2 is 1.73 bits per heavy atom. The lowest BCUT2D eigenvalue weighted by Gasteiger charge is -2.18. The van der Waals surface area contributed by atoms with Crippen molar-refractivity contribution in [1.29, 1.82) is 0 Å². The van der Waals surface area contributed by atoms with Crippen LogP contribution < -0.4 is 10.1 Å². The molecule has 2 aromatic carbocycles. The van der Waals surface area contributed by atoms with Gasteiger partial charge in [0.1, 0.15) is 9.96 Å². The molecular weight excluding hydrogens is 420 g/mol. The number of hydrogen-bond donors (Lipinski definition) is 1. The molecule has 1 heterocycles. The first-order chi connectivity index (χ1) is 14.5. The van der Waals surface area contributed by atoms with E-state index < -0.39 is 10.0 Å². The molecular formula is C22H18N2O4S2. The Hall–Kier alpha value is -3.23. The number of Topliss-reactive ketones (excluding diaryl/α,β-unsaturated/α-hetero) is 1. The zero-order chi connectivity index (χ0) is 21.1. The van der Waals surface area contributed by atoms with E-state index in [1.165, 1.54) is 12.1 Å². The number of ether oxygens (including phenoxy) is 1. The van der Waals surface area contributed by atoms with Crippen molar-refractivity contribution >= 4 is 38.5 Å². The summed E-state index contributed by atoms with van der Waals surface area (Å²) < 4.78 is 35.0. The molecule has 0 bridgehead atoms. The van der Waals surface area contributed by atoms with Crippen LogP contribution in [0.4, 0.5) is 5.69 Å². The standard InChI is InChI=1S/C22H18N2O4S2/c1-2-28-16-11-9-15(10-12-16)23-20-14-19(17-6-3-4-7-18(17)22(20)25)24-30(26,27)21-8-5-13-29-21/h3-14,23H,2H2,1H3/b24-19-. The maximum Gasteiger partial charge on any atom is 0.292 e. The molecule has 152 valence electrons. The molecule has 0 saturated heterocycles. The number of allylic oxidation sites excluding steroid dienone is 2. The van der Waals surface area contributed by atoms with Crippen molar-refractivity contribution in [2.24, 2.45) is 4.40 Å². The van der Waals surface area contributed by atoms with Crippen molar-refractivity contribution in [2.45, 2.75) is 11.1 Å². The topological polar surface area (TPSA) is 84.8 Å². The van der Waals surface area contributed by atoms with E-state index in [-0.39, 0.29) is 21.4 Å². The third kappa shape index (κ3) is 4.05. The normalized spacial score (nSPS) is 14.9. The molecule has 3 aromatic rings. The Labute approximate surface area is 178 Å². The van der Waals surface area contributed by atoms with E-state index in [0.29, 0.717) is 23.4 Å². The maximum absolute atomic E-state index is 13.0. The van der Waals surface area contributed by atoms with Crippen molar-refractivity contribution in [3.8, 4) is 5.75 Å². The van der Waals surface area contributed by atoms with Crippen LogP contribution in [0.25, 0.3) is 0 Å². The smallest absolute Gasteiger partial charge is 0.292 e. The molecule has 1 aliphatic carbocycles. The monoisotopic (exact) mass is 438 g/mol. The number of carbonyl (C=O) groups excluding carboxylic acids is 1. The molecule has 4 rings (SSSR count). The zero-order valence-corrected chi connectivity index (χ0v) is 17.7. The Kier molecular flexibility index (Phi) is 5.52. The van der Waals surface area contributed by atoms with Crippen LogP contribution >= 0.6 is 11.3 Å². The summed E-state index contributed by atoms with van der Waals surface area (Å²) in [5, 5.41) is 4.76. The lowest BCUT2D eigenvalue weighted by molar-refractivity contribution is 0.103. The lowest BCUT2D eigenvalue weighted by Crippen LogP contribution is -2.22. The number of nitrogens with zero attached hydrogens (tertiary/aromatic N) is 1. The molecule has 30 heavy (non-hydrogen) atoms. The molecule has 8 heteroatoms. The van der Waals surface area contributed by atoms with Crippen LogP contribution in [0.5, 0.6) is 5.75 Å². The number of sulfonamides is 1. The zero-order valence-electron chi connectivity index (χ0n) is 16.0. The average Bonchev–Trinajstić information content (AvgIpc) is 3.29. The van der Waals surface area contributed by atoms with Gasteiger partial charge in [0.25, 0.3) is 10.0 Å². The quantitative estimate of drug-likeness (QED) is 0.612. The predicted molar refractivity (Wildman–Crippen MR) is 118 cm³/mol. The van der Waals surface area contributed by atoms with E-state index in [1.807, 2.05) is 6.92 Å². The molecule has 0 unspecified atom stereocenters. The molecule has 0 fully saturated rings. The molecule has 1 aromatic heterocycles. The number of nitrogens with one attached hydrogen (secondary N) is 1. The maximum atomic E-state index is 13.0. The third-order valence-corrected chi connectivity index (χ3v) is 7.05. The molecule has 0 saturated carbocycles. The fraction of sp³-hybridized carbons (Fsp3) is 0.0909. The fourth-order valence-corrected chi connectivity index (χ4v) is 5.00. The predicted octanol–water partition coefficient (Wildman–Crippen LogP) is 4.52. The first-order valence-corrected chi connectivity index (χ1v) is 11.5. The van der Waals surface area contributed by atoms with Crippen molar-refractivity contribution < 1.29 is 17.9 Å². The number of rotatable bonds is 6. The summed E-state index contributed by atoms with van der Waals surface area (Å²) in [4.78, 5) is 13.0. The van der Waals surface area contributed by atoms with E-state index in [0.717, 1.165) is 17.1 Å². The van der Waals surface area contributed by atoms with Crippen molar-refractivity contribution in [3.63, 3.8) is 0 Å². The minimum atomic E-state index is -3.88. The molecule has 1 N–H and O–H groups in total. The summed E-state index contributed by atoms with van der Waals surface area (Å²) in [6.45, 7) is 2.46. The molecule has 0 radical (unpaired) electrons. The minimum absolute atomic E-state index is 0.152. The summed E-state index contributed by atoms with van der Waals surface area (Å²) in [6, 6.07) is 17.2. The number of anilines is 1. The van der Waals surface area contributed by atoms with Gasteiger partial charge in [0.05, 0.1) is 18.0 Å². The SMILES string of the molecule is CCOc1ccc(NC2=C/C(=N/S(=O)(=O)c3cccs3)c3ccccc3C2=O)cc1. The second kappa shape index (κ2) is 8.25. The van der Waals surface area contributed by atoms with Crippen LogP contribution in [0, 0.1) is 0 Å². The lowest BCUT2D eigenvalue weighted by atomic mass is 9.92. The number of ketones is 1. The molecule has 0 amide bonds. The number of carbonyl (C=O) groups is 1.